The average Bonchev–Trinajstić information content (AvgIpc) is 3.26. The molecule has 1 aliphatic heterocycles. The Morgan fingerprint density at radius 3 is 2.96 bits per heavy atom. The molecule has 1 saturated heterocycles. The summed E-state index contributed by atoms with van der Waals surface area (Å²) in [6, 6.07) is 1.92. The number of rotatable bonds is 5. The van der Waals surface area contributed by atoms with E-state index in [1.807, 2.05) is 15.6 Å². The fraction of sp³-hybridized carbons (Fsp3) is 0.647. The highest BCUT2D eigenvalue weighted by molar-refractivity contribution is 5.88. The molecule has 8 heteroatoms. The number of H-pyrrole nitrogens is 1. The molecule has 0 aromatic carbocycles. The Bertz CT molecular complexity index is 679. The second-order valence-electron chi connectivity index (χ2n) is 7.15. The van der Waals surface area contributed by atoms with E-state index in [9.17, 15) is 4.79 Å². The number of aromatic nitrogens is 5. The van der Waals surface area contributed by atoms with Gasteiger partial charge in [0.05, 0.1) is 18.3 Å². The van der Waals surface area contributed by atoms with Gasteiger partial charge in [-0.15, -0.1) is 0 Å². The largest absolute Gasteiger partial charge is 0.323 e. The fourth-order valence-electron chi connectivity index (χ4n) is 3.56. The Morgan fingerprint density at radius 2 is 2.24 bits per heavy atom. The van der Waals surface area contributed by atoms with Gasteiger partial charge in [0.25, 0.3) is 0 Å². The van der Waals surface area contributed by atoms with Crippen molar-refractivity contribution in [2.45, 2.75) is 58.5 Å². The number of hydrogen-bond donors (Lipinski definition) is 2. The van der Waals surface area contributed by atoms with E-state index in [0.29, 0.717) is 12.5 Å². The second kappa shape index (κ2) is 7.67. The van der Waals surface area contributed by atoms with Gasteiger partial charge in [0.15, 0.2) is 0 Å². The summed E-state index contributed by atoms with van der Waals surface area (Å²) in [4.78, 5) is 19.0. The maximum atomic E-state index is 12.9. The number of likely N-dealkylation sites (tertiary alicyclic amines) is 1. The molecule has 1 aliphatic rings. The molecular formula is C17H27N7O. The molecule has 2 unspecified atom stereocenters. The second-order valence-corrected chi connectivity index (χ2v) is 7.15. The summed E-state index contributed by atoms with van der Waals surface area (Å²) < 4.78 is 1.89. The van der Waals surface area contributed by atoms with Crippen LogP contribution in [0.25, 0.3) is 0 Å². The van der Waals surface area contributed by atoms with Crippen LogP contribution in [0.15, 0.2) is 18.6 Å². The van der Waals surface area contributed by atoms with E-state index in [4.69, 9.17) is 0 Å². The van der Waals surface area contributed by atoms with Gasteiger partial charge in [-0.25, -0.2) is 14.5 Å². The highest BCUT2D eigenvalue weighted by Gasteiger charge is 2.30. The molecule has 2 aromatic heterocycles. The van der Waals surface area contributed by atoms with Crippen molar-refractivity contribution in [3.05, 3.63) is 24.4 Å². The third-order valence-electron chi connectivity index (χ3n) is 4.65. The lowest BCUT2D eigenvalue weighted by molar-refractivity contribution is 0.159. The standard InChI is InChI=1S/C17H27N7O/c1-12(2)10-13(3)24-15(7-8-20-24)21-17(25)23-9-5-4-6-14(23)16-18-11-19-22-16/h7-8,11-14H,4-6,9-10H2,1-3H3,(H,21,25)(H,18,19,22). The molecule has 0 spiro atoms. The van der Waals surface area contributed by atoms with Gasteiger partial charge >= 0.3 is 6.03 Å². The number of nitrogens with one attached hydrogen (secondary N) is 2. The summed E-state index contributed by atoms with van der Waals surface area (Å²) in [6.45, 7) is 7.22. The molecule has 2 N–H and O–H groups in total. The van der Waals surface area contributed by atoms with Crippen LogP contribution in [0.5, 0.6) is 0 Å². The topological polar surface area (TPSA) is 91.7 Å². The summed E-state index contributed by atoms with van der Waals surface area (Å²) in [5, 5.41) is 14.2. The number of carbonyl (C=O) groups excluding carboxylic acids is 1. The number of hydrogen-bond acceptors (Lipinski definition) is 4. The third kappa shape index (κ3) is 4.00. The molecule has 0 saturated carbocycles. The Balaban J connectivity index is 1.72. The van der Waals surface area contributed by atoms with Crippen molar-refractivity contribution in [2.24, 2.45) is 5.92 Å². The summed E-state index contributed by atoms with van der Waals surface area (Å²) >= 11 is 0. The first-order valence-corrected chi connectivity index (χ1v) is 9.02. The molecule has 2 aromatic rings. The van der Waals surface area contributed by atoms with Gasteiger partial charge in [0, 0.05) is 12.6 Å². The molecule has 1 fully saturated rings. The summed E-state index contributed by atoms with van der Waals surface area (Å²) in [5.74, 6) is 2.05. The van der Waals surface area contributed by atoms with Crippen LogP contribution >= 0.6 is 0 Å². The Hall–Kier alpha value is -2.38. The van der Waals surface area contributed by atoms with Crippen molar-refractivity contribution < 1.29 is 4.79 Å². The van der Waals surface area contributed by atoms with Crippen molar-refractivity contribution in [1.82, 2.24) is 29.9 Å². The number of aromatic amines is 1. The van der Waals surface area contributed by atoms with Crippen molar-refractivity contribution in [1.29, 1.82) is 0 Å². The van der Waals surface area contributed by atoms with E-state index >= 15 is 0 Å². The van der Waals surface area contributed by atoms with Crippen LogP contribution in [0.1, 0.15) is 64.4 Å². The predicted molar refractivity (Wildman–Crippen MR) is 95.1 cm³/mol. The number of amides is 2. The zero-order chi connectivity index (χ0) is 17.8. The molecule has 3 heterocycles. The Labute approximate surface area is 148 Å². The van der Waals surface area contributed by atoms with Crippen LogP contribution in [0.4, 0.5) is 10.6 Å². The first-order chi connectivity index (χ1) is 12.1. The van der Waals surface area contributed by atoms with Crippen LogP contribution in [0, 0.1) is 5.92 Å². The Kier molecular flexibility index (Phi) is 5.35. The molecule has 2 amide bonds. The monoisotopic (exact) mass is 345 g/mol. The quantitative estimate of drug-likeness (QED) is 0.869. The highest BCUT2D eigenvalue weighted by atomic mass is 16.2. The lowest BCUT2D eigenvalue weighted by atomic mass is 10.0. The molecule has 2 atom stereocenters. The van der Waals surface area contributed by atoms with E-state index in [0.717, 1.165) is 37.3 Å². The van der Waals surface area contributed by atoms with Gasteiger partial charge in [-0.05, 0) is 38.5 Å². The van der Waals surface area contributed by atoms with Gasteiger partial charge in [0.2, 0.25) is 0 Å². The van der Waals surface area contributed by atoms with Crippen molar-refractivity contribution in [3.63, 3.8) is 0 Å². The molecular weight excluding hydrogens is 318 g/mol. The summed E-state index contributed by atoms with van der Waals surface area (Å²) in [5.41, 5.74) is 0. The average molecular weight is 345 g/mol. The number of carbonyl (C=O) groups is 1. The molecule has 136 valence electrons. The molecule has 0 radical (unpaired) electrons. The van der Waals surface area contributed by atoms with Crippen molar-refractivity contribution in [3.8, 4) is 0 Å². The maximum Gasteiger partial charge on any atom is 0.323 e. The maximum absolute atomic E-state index is 12.9. The molecule has 0 aliphatic carbocycles. The van der Waals surface area contributed by atoms with Gasteiger partial charge in [-0.2, -0.15) is 10.2 Å². The van der Waals surface area contributed by atoms with E-state index < -0.39 is 0 Å². The predicted octanol–water partition coefficient (Wildman–Crippen LogP) is 3.37. The number of nitrogens with zero attached hydrogens (tertiary/aromatic N) is 5. The van der Waals surface area contributed by atoms with Crippen LogP contribution < -0.4 is 5.32 Å². The summed E-state index contributed by atoms with van der Waals surface area (Å²) in [7, 11) is 0. The van der Waals surface area contributed by atoms with Crippen LogP contribution in [-0.2, 0) is 0 Å². The molecule has 25 heavy (non-hydrogen) atoms. The van der Waals surface area contributed by atoms with Crippen LogP contribution in [0.2, 0.25) is 0 Å². The van der Waals surface area contributed by atoms with Gasteiger partial charge < -0.3 is 4.90 Å². The van der Waals surface area contributed by atoms with E-state index in [-0.39, 0.29) is 18.1 Å². The highest BCUT2D eigenvalue weighted by Crippen LogP contribution is 2.29. The SMILES string of the molecule is CC(C)CC(C)n1nccc1NC(=O)N1CCCCC1c1ncn[nH]1. The number of piperidine rings is 1. The van der Waals surface area contributed by atoms with Crippen molar-refractivity contribution in [2.75, 3.05) is 11.9 Å². The van der Waals surface area contributed by atoms with Crippen LogP contribution in [0.3, 0.4) is 0 Å². The zero-order valence-corrected chi connectivity index (χ0v) is 15.1. The normalized spacial score (nSPS) is 19.2. The smallest absolute Gasteiger partial charge is 0.314 e. The van der Waals surface area contributed by atoms with Gasteiger partial charge in [-0.1, -0.05) is 13.8 Å². The van der Waals surface area contributed by atoms with E-state index in [2.05, 4.69) is 46.4 Å². The lowest BCUT2D eigenvalue weighted by Gasteiger charge is -2.34. The molecule has 3 rings (SSSR count). The van der Waals surface area contributed by atoms with Crippen LogP contribution in [-0.4, -0.2) is 42.4 Å². The minimum Gasteiger partial charge on any atom is -0.314 e. The van der Waals surface area contributed by atoms with Gasteiger partial charge in [-0.3, -0.25) is 10.4 Å². The zero-order valence-electron chi connectivity index (χ0n) is 15.1. The minimum atomic E-state index is -0.111. The fourth-order valence-corrected chi connectivity index (χ4v) is 3.56. The first kappa shape index (κ1) is 17.4. The Morgan fingerprint density at radius 1 is 1.40 bits per heavy atom. The number of anilines is 1. The number of urea groups is 1. The van der Waals surface area contributed by atoms with Gasteiger partial charge in [0.1, 0.15) is 18.0 Å². The molecule has 8 nitrogen and oxygen atoms in total. The third-order valence-corrected chi connectivity index (χ3v) is 4.65. The van der Waals surface area contributed by atoms with E-state index in [1.165, 1.54) is 6.33 Å². The minimum absolute atomic E-state index is 0.0549. The van der Waals surface area contributed by atoms with E-state index in [1.54, 1.807) is 6.20 Å². The van der Waals surface area contributed by atoms with Crippen molar-refractivity contribution >= 4 is 11.8 Å². The molecule has 0 bridgehead atoms. The lowest BCUT2D eigenvalue weighted by Crippen LogP contribution is -2.42. The summed E-state index contributed by atoms with van der Waals surface area (Å²) in [6.07, 6.45) is 7.21. The first-order valence-electron chi connectivity index (χ1n) is 9.02.